The van der Waals surface area contributed by atoms with Crippen molar-refractivity contribution in [3.05, 3.63) is 46.8 Å². The van der Waals surface area contributed by atoms with Gasteiger partial charge in [0.05, 0.1) is 17.8 Å². The number of nitrogens with zero attached hydrogens (tertiary/aromatic N) is 2. The van der Waals surface area contributed by atoms with Crippen LogP contribution in [0.3, 0.4) is 0 Å². The van der Waals surface area contributed by atoms with Crippen LogP contribution in [0.5, 0.6) is 0 Å². The van der Waals surface area contributed by atoms with Gasteiger partial charge in [-0.15, -0.1) is 0 Å². The minimum Gasteiger partial charge on any atom is -0.393 e. The average molecular weight is 420 g/mol. The van der Waals surface area contributed by atoms with E-state index < -0.39 is 0 Å². The minimum absolute atomic E-state index is 0.0147. The molecule has 1 heterocycles. The smallest absolute Gasteiger partial charge is 0.219 e. The second kappa shape index (κ2) is 9.94. The van der Waals surface area contributed by atoms with Gasteiger partial charge in [0.1, 0.15) is 11.9 Å². The minimum atomic E-state index is -0.0147. The fourth-order valence-electron chi connectivity index (χ4n) is 3.63. The van der Waals surface area contributed by atoms with Gasteiger partial charge >= 0.3 is 0 Å². The molecule has 0 spiro atoms. The van der Waals surface area contributed by atoms with Crippen LogP contribution in [-0.2, 0) is 4.79 Å². The first kappa shape index (κ1) is 22.1. The maximum absolute atomic E-state index is 11.9. The van der Waals surface area contributed by atoms with Crippen molar-refractivity contribution in [3.8, 4) is 6.07 Å². The highest BCUT2D eigenvalue weighted by atomic mass is 16.2. The summed E-state index contributed by atoms with van der Waals surface area (Å²) in [5.41, 5.74) is 3.79. The number of nitriles is 1. The fraction of sp³-hybridized carbons (Fsp3) is 0.391. The van der Waals surface area contributed by atoms with Crippen LogP contribution in [0.4, 0.5) is 5.69 Å². The third-order valence-electron chi connectivity index (χ3n) is 5.60. The highest BCUT2D eigenvalue weighted by Crippen LogP contribution is 2.29. The Labute approximate surface area is 183 Å². The van der Waals surface area contributed by atoms with E-state index in [0.717, 1.165) is 17.8 Å². The van der Waals surface area contributed by atoms with E-state index in [1.165, 1.54) is 19.1 Å². The molecule has 1 aliphatic carbocycles. The van der Waals surface area contributed by atoms with E-state index in [9.17, 15) is 10.1 Å². The lowest BCUT2D eigenvalue weighted by Gasteiger charge is -2.31. The molecule has 0 bridgehead atoms. The van der Waals surface area contributed by atoms with Crippen LogP contribution in [0.15, 0.2) is 35.7 Å². The molecular weight excluding hydrogens is 390 g/mol. The van der Waals surface area contributed by atoms with Gasteiger partial charge in [-0.2, -0.15) is 5.26 Å². The average Bonchev–Trinajstić information content (AvgIpc) is 3.60. The molecule has 0 radical (unpaired) electrons. The molecule has 8 nitrogen and oxygen atoms in total. The Kier molecular flexibility index (Phi) is 7.08. The quantitative estimate of drug-likeness (QED) is 0.327. The molecule has 1 aromatic carbocycles. The Morgan fingerprint density at radius 3 is 2.77 bits per heavy atom. The molecule has 8 heteroatoms. The van der Waals surface area contributed by atoms with Crippen LogP contribution in [0, 0.1) is 28.1 Å². The molecule has 3 rings (SSSR count). The summed E-state index contributed by atoms with van der Waals surface area (Å²) in [7, 11) is 1.74. The van der Waals surface area contributed by atoms with Gasteiger partial charge in [0, 0.05) is 68.3 Å². The largest absolute Gasteiger partial charge is 0.393 e. The monoisotopic (exact) mass is 419 g/mol. The van der Waals surface area contributed by atoms with Crippen LogP contribution in [0.1, 0.15) is 37.3 Å². The van der Waals surface area contributed by atoms with E-state index in [-0.39, 0.29) is 11.7 Å². The molecule has 0 atom stereocenters. The molecule has 1 amide bonds. The van der Waals surface area contributed by atoms with E-state index >= 15 is 0 Å². The molecule has 1 aliphatic heterocycles. The van der Waals surface area contributed by atoms with Crippen LogP contribution in [0.25, 0.3) is 5.57 Å². The maximum atomic E-state index is 11.9. The zero-order valence-electron chi connectivity index (χ0n) is 18.0. The van der Waals surface area contributed by atoms with Crippen LogP contribution >= 0.6 is 0 Å². The van der Waals surface area contributed by atoms with Crippen molar-refractivity contribution < 1.29 is 4.79 Å². The lowest BCUT2D eigenvalue weighted by molar-refractivity contribution is -0.128. The number of nitrogens with one attached hydrogen (secondary N) is 5. The van der Waals surface area contributed by atoms with E-state index in [1.54, 1.807) is 43.3 Å². The Bertz CT molecular complexity index is 982. The van der Waals surface area contributed by atoms with Gasteiger partial charge in [-0.1, -0.05) is 12.1 Å². The molecule has 0 unspecified atom stereocenters. The molecule has 5 N–H and O–H groups in total. The van der Waals surface area contributed by atoms with E-state index in [4.69, 9.17) is 10.8 Å². The number of hydrogen-bond donors (Lipinski definition) is 5. The Balaban J connectivity index is 1.90. The zero-order chi connectivity index (χ0) is 22.4. The molecule has 31 heavy (non-hydrogen) atoms. The number of carbonyl (C=O) groups is 1. The van der Waals surface area contributed by atoms with Gasteiger partial charge in [-0.25, -0.2) is 0 Å². The predicted molar refractivity (Wildman–Crippen MR) is 123 cm³/mol. The number of allylic oxidation sites excluding steroid dienone is 1. The van der Waals surface area contributed by atoms with Crippen molar-refractivity contribution in [1.29, 1.82) is 16.1 Å². The summed E-state index contributed by atoms with van der Waals surface area (Å²) in [5.74, 6) is 0.855. The van der Waals surface area contributed by atoms with Crippen LogP contribution in [-0.4, -0.2) is 49.5 Å². The molecule has 1 aromatic rings. The number of carbonyl (C=O) groups excluding carboxylic acids is 1. The summed E-state index contributed by atoms with van der Waals surface area (Å²) in [6.45, 7) is 3.43. The summed E-state index contributed by atoms with van der Waals surface area (Å²) in [6, 6.07) is 7.53. The van der Waals surface area contributed by atoms with Crippen molar-refractivity contribution in [2.45, 2.75) is 26.2 Å². The summed E-state index contributed by atoms with van der Waals surface area (Å²) in [5, 5.41) is 35.7. The number of amidine groups is 1. The second-order valence-corrected chi connectivity index (χ2v) is 7.84. The third kappa shape index (κ3) is 5.31. The summed E-state index contributed by atoms with van der Waals surface area (Å²) >= 11 is 0. The SMILES string of the molecule is CN/C=C(\C=N)c1cccc(NC(=N)C2=C(NCC3CC3)CCN(C(C)=O)C2)c1C#N. The van der Waals surface area contributed by atoms with Crippen molar-refractivity contribution >= 4 is 29.2 Å². The highest BCUT2D eigenvalue weighted by Gasteiger charge is 2.26. The Hall–Kier alpha value is -3.60. The van der Waals surface area contributed by atoms with Gasteiger partial charge in [0.25, 0.3) is 0 Å². The van der Waals surface area contributed by atoms with Gasteiger partial charge < -0.3 is 26.3 Å². The van der Waals surface area contributed by atoms with Gasteiger partial charge in [0.2, 0.25) is 5.91 Å². The first-order chi connectivity index (χ1) is 15.0. The number of hydrogen-bond acceptors (Lipinski definition) is 6. The summed E-state index contributed by atoms with van der Waals surface area (Å²) < 4.78 is 0. The van der Waals surface area contributed by atoms with Crippen LogP contribution < -0.4 is 16.0 Å². The summed E-state index contributed by atoms with van der Waals surface area (Å²) in [4.78, 5) is 13.7. The van der Waals surface area contributed by atoms with Crippen molar-refractivity contribution in [1.82, 2.24) is 15.5 Å². The van der Waals surface area contributed by atoms with E-state index in [2.05, 4.69) is 22.0 Å². The molecule has 1 fully saturated rings. The molecule has 1 saturated carbocycles. The lowest BCUT2D eigenvalue weighted by Crippen LogP contribution is -2.41. The number of amides is 1. The predicted octanol–water partition coefficient (Wildman–Crippen LogP) is 2.66. The highest BCUT2D eigenvalue weighted by molar-refractivity contribution is 6.11. The topological polar surface area (TPSA) is 128 Å². The normalized spacial score (nSPS) is 16.4. The first-order valence-corrected chi connectivity index (χ1v) is 10.5. The molecular formula is C23H29N7O. The number of benzene rings is 1. The van der Waals surface area contributed by atoms with Gasteiger partial charge in [0.15, 0.2) is 0 Å². The van der Waals surface area contributed by atoms with Crippen LogP contribution in [0.2, 0.25) is 0 Å². The van der Waals surface area contributed by atoms with Gasteiger partial charge in [-0.3, -0.25) is 10.2 Å². The Morgan fingerprint density at radius 1 is 1.39 bits per heavy atom. The number of rotatable bonds is 8. The maximum Gasteiger partial charge on any atom is 0.219 e. The summed E-state index contributed by atoms with van der Waals surface area (Å²) in [6.07, 6.45) is 6.00. The molecule has 162 valence electrons. The van der Waals surface area contributed by atoms with E-state index in [1.807, 2.05) is 0 Å². The van der Waals surface area contributed by atoms with E-state index in [0.29, 0.717) is 47.8 Å². The molecule has 0 saturated heterocycles. The Morgan fingerprint density at radius 2 is 2.16 bits per heavy atom. The van der Waals surface area contributed by atoms with Crippen molar-refractivity contribution in [2.75, 3.05) is 32.0 Å². The fourth-order valence-corrected chi connectivity index (χ4v) is 3.63. The lowest BCUT2D eigenvalue weighted by atomic mass is 9.99. The molecule has 2 aliphatic rings. The van der Waals surface area contributed by atoms with Gasteiger partial charge in [-0.05, 0) is 24.8 Å². The standard InChI is InChI=1S/C23H29N7O/c1-15(31)30-9-8-21(28-12-16-6-7-16)20(14-30)23(26)29-22-5-3-4-18(19(22)11-25)17(10-24)13-27-2/h3-5,10,13,16,24,27-28H,6-9,12,14H2,1-2H3,(H2,26,29)/b17-13+,24-10?. The second-order valence-electron chi connectivity index (χ2n) is 7.84. The molecule has 0 aromatic heterocycles. The van der Waals surface area contributed by atoms with Crippen molar-refractivity contribution in [3.63, 3.8) is 0 Å². The zero-order valence-corrected chi connectivity index (χ0v) is 18.0. The number of anilines is 1. The first-order valence-electron chi connectivity index (χ1n) is 10.5. The third-order valence-corrected chi connectivity index (χ3v) is 5.60. The van der Waals surface area contributed by atoms with Crippen molar-refractivity contribution in [2.24, 2.45) is 5.92 Å².